The van der Waals surface area contributed by atoms with E-state index in [2.05, 4.69) is 10.4 Å². The second kappa shape index (κ2) is 9.13. The van der Waals surface area contributed by atoms with Crippen molar-refractivity contribution < 1.29 is 9.59 Å². The van der Waals surface area contributed by atoms with Gasteiger partial charge in [0.05, 0.1) is 28.6 Å². The normalized spacial score (nSPS) is 11.0. The van der Waals surface area contributed by atoms with Crippen molar-refractivity contribution in [3.05, 3.63) is 75.8 Å². The number of thioether (sulfide) groups is 1. The summed E-state index contributed by atoms with van der Waals surface area (Å²) in [5.74, 6) is -0.474. The van der Waals surface area contributed by atoms with Crippen molar-refractivity contribution in [1.29, 1.82) is 0 Å². The summed E-state index contributed by atoms with van der Waals surface area (Å²) in [6, 6.07) is 16.8. The average Bonchev–Trinajstić information content (AvgIpc) is 3.30. The van der Waals surface area contributed by atoms with Gasteiger partial charge in [-0.3, -0.25) is 14.3 Å². The highest BCUT2D eigenvalue weighted by Crippen LogP contribution is 2.32. The second-order valence-corrected chi connectivity index (χ2v) is 9.32. The predicted molar refractivity (Wildman–Crippen MR) is 127 cm³/mol. The van der Waals surface area contributed by atoms with Gasteiger partial charge in [0, 0.05) is 15.3 Å². The molecule has 0 aliphatic carbocycles. The molecule has 0 aliphatic heterocycles. The van der Waals surface area contributed by atoms with E-state index in [4.69, 9.17) is 17.3 Å². The van der Waals surface area contributed by atoms with E-state index in [0.717, 1.165) is 26.4 Å². The smallest absolute Gasteiger partial charge is 0.265 e. The van der Waals surface area contributed by atoms with Crippen molar-refractivity contribution >= 4 is 62.4 Å². The first-order valence-electron chi connectivity index (χ1n) is 9.44. The standard InChI is InChI=1S/C22H19ClN4O2S2/c1-13-15-10-19(21(29)25-17-8-4-5-9-18(17)30-12-20(24)28)31-22(15)27(26-13)11-14-6-2-3-7-16(14)23/h2-10H,11-12H2,1H3,(H2,24,28)(H,25,29). The molecular formula is C22H19ClN4O2S2. The molecule has 0 radical (unpaired) electrons. The number of hydrogen-bond acceptors (Lipinski definition) is 5. The monoisotopic (exact) mass is 470 g/mol. The van der Waals surface area contributed by atoms with E-state index in [1.807, 2.05) is 60.1 Å². The lowest BCUT2D eigenvalue weighted by atomic mass is 10.2. The molecular weight excluding hydrogens is 452 g/mol. The third kappa shape index (κ3) is 4.76. The second-order valence-electron chi connectivity index (χ2n) is 6.87. The molecule has 2 aromatic heterocycles. The van der Waals surface area contributed by atoms with E-state index in [-0.39, 0.29) is 11.7 Å². The number of carbonyl (C=O) groups excluding carboxylic acids is 2. The van der Waals surface area contributed by atoms with Gasteiger partial charge in [0.1, 0.15) is 4.83 Å². The highest BCUT2D eigenvalue weighted by atomic mass is 35.5. The number of nitrogens with zero attached hydrogens (tertiary/aromatic N) is 2. The molecule has 3 N–H and O–H groups in total. The van der Waals surface area contributed by atoms with Crippen LogP contribution < -0.4 is 11.1 Å². The molecule has 0 unspecified atom stereocenters. The largest absolute Gasteiger partial charge is 0.369 e. The lowest BCUT2D eigenvalue weighted by Crippen LogP contribution is -2.14. The van der Waals surface area contributed by atoms with Gasteiger partial charge >= 0.3 is 0 Å². The number of rotatable bonds is 7. The van der Waals surface area contributed by atoms with Crippen LogP contribution in [0, 0.1) is 6.92 Å². The summed E-state index contributed by atoms with van der Waals surface area (Å²) in [5.41, 5.74) is 7.71. The quantitative estimate of drug-likeness (QED) is 0.374. The van der Waals surface area contributed by atoms with Crippen LogP contribution in [-0.4, -0.2) is 27.3 Å². The number of fused-ring (bicyclic) bond motifs is 1. The Labute approximate surface area is 192 Å². The van der Waals surface area contributed by atoms with Crippen LogP contribution in [0.5, 0.6) is 0 Å². The highest BCUT2D eigenvalue weighted by molar-refractivity contribution is 8.00. The number of thiophene rings is 1. The maximum atomic E-state index is 13.0. The van der Waals surface area contributed by atoms with Crippen LogP contribution in [0.15, 0.2) is 59.5 Å². The number of halogens is 1. The Morgan fingerprint density at radius 1 is 1.19 bits per heavy atom. The number of aromatic nitrogens is 2. The van der Waals surface area contributed by atoms with Crippen LogP contribution in [0.25, 0.3) is 10.2 Å². The molecule has 0 spiro atoms. The Morgan fingerprint density at radius 3 is 2.71 bits per heavy atom. The van der Waals surface area contributed by atoms with E-state index >= 15 is 0 Å². The maximum absolute atomic E-state index is 13.0. The summed E-state index contributed by atoms with van der Waals surface area (Å²) in [6.45, 7) is 2.45. The number of aryl methyl sites for hydroxylation is 1. The van der Waals surface area contributed by atoms with Crippen molar-refractivity contribution in [3.8, 4) is 0 Å². The minimum Gasteiger partial charge on any atom is -0.369 e. The minimum absolute atomic E-state index is 0.146. The van der Waals surface area contributed by atoms with Gasteiger partial charge < -0.3 is 11.1 Å². The fourth-order valence-electron chi connectivity index (χ4n) is 3.15. The zero-order valence-corrected chi connectivity index (χ0v) is 19.0. The third-order valence-electron chi connectivity index (χ3n) is 4.61. The van der Waals surface area contributed by atoms with Crippen molar-refractivity contribution in [2.24, 2.45) is 5.73 Å². The Balaban J connectivity index is 1.59. The van der Waals surface area contributed by atoms with E-state index < -0.39 is 5.91 Å². The molecule has 2 amide bonds. The predicted octanol–water partition coefficient (Wildman–Crippen LogP) is 4.94. The fraction of sp³-hybridized carbons (Fsp3) is 0.136. The van der Waals surface area contributed by atoms with Gasteiger partial charge in [-0.2, -0.15) is 5.10 Å². The first kappa shape index (κ1) is 21.4. The van der Waals surface area contributed by atoms with Gasteiger partial charge in [-0.05, 0) is 36.8 Å². The van der Waals surface area contributed by atoms with Gasteiger partial charge in [0.15, 0.2) is 0 Å². The van der Waals surface area contributed by atoms with Crippen LogP contribution in [0.2, 0.25) is 5.02 Å². The van der Waals surface area contributed by atoms with E-state index in [0.29, 0.717) is 22.1 Å². The Kier molecular flexibility index (Phi) is 6.31. The molecule has 0 atom stereocenters. The number of benzene rings is 2. The summed E-state index contributed by atoms with van der Waals surface area (Å²) in [6.07, 6.45) is 0. The van der Waals surface area contributed by atoms with Gasteiger partial charge in [0.25, 0.3) is 5.91 Å². The summed E-state index contributed by atoms with van der Waals surface area (Å²) in [4.78, 5) is 26.4. The molecule has 0 aliphatic rings. The van der Waals surface area contributed by atoms with Crippen LogP contribution in [0.1, 0.15) is 20.9 Å². The molecule has 158 valence electrons. The fourth-order valence-corrected chi connectivity index (χ4v) is 5.15. The van der Waals surface area contributed by atoms with E-state index in [1.165, 1.54) is 23.1 Å². The molecule has 2 heterocycles. The summed E-state index contributed by atoms with van der Waals surface area (Å²) in [7, 11) is 0. The Morgan fingerprint density at radius 2 is 1.94 bits per heavy atom. The molecule has 0 saturated carbocycles. The first-order chi connectivity index (χ1) is 14.9. The summed E-state index contributed by atoms with van der Waals surface area (Å²) in [5, 5.41) is 9.19. The van der Waals surface area contributed by atoms with Crippen molar-refractivity contribution in [2.75, 3.05) is 11.1 Å². The molecule has 2 aromatic carbocycles. The number of carbonyl (C=O) groups is 2. The minimum atomic E-state index is -0.408. The maximum Gasteiger partial charge on any atom is 0.265 e. The topological polar surface area (TPSA) is 90.0 Å². The number of nitrogens with two attached hydrogens (primary N) is 1. The van der Waals surface area contributed by atoms with E-state index in [9.17, 15) is 9.59 Å². The van der Waals surface area contributed by atoms with E-state index in [1.54, 1.807) is 6.07 Å². The zero-order valence-electron chi connectivity index (χ0n) is 16.6. The molecule has 0 saturated heterocycles. The van der Waals surface area contributed by atoms with Crippen LogP contribution in [0.4, 0.5) is 5.69 Å². The van der Waals surface area contributed by atoms with Gasteiger partial charge in [0.2, 0.25) is 5.91 Å². The molecule has 4 aromatic rings. The average molecular weight is 471 g/mol. The van der Waals surface area contributed by atoms with Crippen molar-refractivity contribution in [3.63, 3.8) is 0 Å². The number of nitrogens with one attached hydrogen (secondary N) is 1. The van der Waals surface area contributed by atoms with Crippen LogP contribution in [-0.2, 0) is 11.3 Å². The zero-order chi connectivity index (χ0) is 22.0. The van der Waals surface area contributed by atoms with Crippen molar-refractivity contribution in [1.82, 2.24) is 9.78 Å². The molecule has 0 fully saturated rings. The van der Waals surface area contributed by atoms with Crippen LogP contribution in [0.3, 0.4) is 0 Å². The van der Waals surface area contributed by atoms with Crippen LogP contribution >= 0.6 is 34.7 Å². The number of anilines is 1. The molecule has 6 nitrogen and oxygen atoms in total. The molecule has 31 heavy (non-hydrogen) atoms. The van der Waals surface area contributed by atoms with Gasteiger partial charge in [-0.25, -0.2) is 0 Å². The molecule has 0 bridgehead atoms. The first-order valence-corrected chi connectivity index (χ1v) is 11.6. The number of para-hydroxylation sites is 1. The Bertz CT molecular complexity index is 1280. The number of amides is 2. The van der Waals surface area contributed by atoms with Crippen molar-refractivity contribution in [2.45, 2.75) is 18.4 Å². The lowest BCUT2D eigenvalue weighted by molar-refractivity contribution is -0.115. The Hall–Kier alpha value is -2.81. The summed E-state index contributed by atoms with van der Waals surface area (Å²) < 4.78 is 1.88. The SMILES string of the molecule is Cc1nn(Cc2ccccc2Cl)c2sc(C(=O)Nc3ccccc3SCC(N)=O)cc12. The molecule has 9 heteroatoms. The van der Waals surface area contributed by atoms with Gasteiger partial charge in [-0.1, -0.05) is 41.9 Å². The highest BCUT2D eigenvalue weighted by Gasteiger charge is 2.18. The number of hydrogen-bond donors (Lipinski definition) is 2. The third-order valence-corrected chi connectivity index (χ3v) is 7.23. The lowest BCUT2D eigenvalue weighted by Gasteiger charge is -2.09. The summed E-state index contributed by atoms with van der Waals surface area (Å²) >= 11 is 8.99. The number of primary amides is 1. The van der Waals surface area contributed by atoms with Gasteiger partial charge in [-0.15, -0.1) is 23.1 Å². The molecule has 4 rings (SSSR count).